The zero-order valence-corrected chi connectivity index (χ0v) is 11.0. The van der Waals surface area contributed by atoms with Crippen LogP contribution < -0.4 is 0 Å². The Morgan fingerprint density at radius 2 is 1.78 bits per heavy atom. The van der Waals surface area contributed by atoms with Crippen LogP contribution >= 0.6 is 11.9 Å². The van der Waals surface area contributed by atoms with Crippen molar-refractivity contribution in [3.8, 4) is 0 Å². The van der Waals surface area contributed by atoms with Crippen LogP contribution in [0.3, 0.4) is 0 Å². The third kappa shape index (κ3) is 2.99. The predicted molar refractivity (Wildman–Crippen MR) is 62.2 cm³/mol. The van der Waals surface area contributed by atoms with Crippen LogP contribution in [0.5, 0.6) is 0 Å². The van der Waals surface area contributed by atoms with Gasteiger partial charge in [0.15, 0.2) is 9.84 Å². The number of ether oxygens (including phenoxy) is 1. The first-order chi connectivity index (χ1) is 8.31. The highest BCUT2D eigenvalue weighted by Crippen LogP contribution is 2.18. The fourth-order valence-corrected chi connectivity index (χ4v) is 1.98. The van der Waals surface area contributed by atoms with Crippen molar-refractivity contribution in [2.75, 3.05) is 13.4 Å². The Hall–Kier alpha value is -1.60. The topological polar surface area (TPSA) is 86.7 Å². The summed E-state index contributed by atoms with van der Waals surface area (Å²) in [5.74, 6) is -1.84. The molecular formula is C10H9ClO6S. The molecule has 1 aromatic rings. The first kappa shape index (κ1) is 14.5. The molecule has 0 radical (unpaired) electrons. The highest BCUT2D eigenvalue weighted by molar-refractivity contribution is 7.90. The second-order valence-corrected chi connectivity index (χ2v) is 5.51. The van der Waals surface area contributed by atoms with Gasteiger partial charge in [0.25, 0.3) is 0 Å². The van der Waals surface area contributed by atoms with Crippen molar-refractivity contribution >= 4 is 33.6 Å². The number of sulfone groups is 1. The van der Waals surface area contributed by atoms with Crippen LogP contribution in [0.1, 0.15) is 20.7 Å². The summed E-state index contributed by atoms with van der Waals surface area (Å²) in [6, 6.07) is 3.35. The summed E-state index contributed by atoms with van der Waals surface area (Å²) in [5.41, 5.74) is -0.407. The van der Waals surface area contributed by atoms with E-state index in [1.807, 2.05) is 0 Å². The van der Waals surface area contributed by atoms with Gasteiger partial charge in [-0.2, -0.15) is 0 Å². The van der Waals surface area contributed by atoms with Crippen molar-refractivity contribution in [3.05, 3.63) is 29.3 Å². The molecule has 98 valence electrons. The largest absolute Gasteiger partial charge is 0.465 e. The van der Waals surface area contributed by atoms with E-state index in [1.54, 1.807) is 0 Å². The maximum atomic E-state index is 11.4. The molecule has 0 aliphatic carbocycles. The van der Waals surface area contributed by atoms with Crippen molar-refractivity contribution in [1.29, 1.82) is 0 Å². The van der Waals surface area contributed by atoms with Gasteiger partial charge in [-0.15, -0.1) is 0 Å². The molecule has 0 aliphatic rings. The molecule has 0 aromatic heterocycles. The van der Waals surface area contributed by atoms with E-state index in [2.05, 4.69) is 9.03 Å². The standard InChI is InChI=1S/C10H9ClO6S/c1-16-9(12)7-4-3-6(18(2,14)15)5-8(7)10(13)17-11/h3-5H,1-2H3. The summed E-state index contributed by atoms with van der Waals surface area (Å²) in [6.45, 7) is 0. The highest BCUT2D eigenvalue weighted by atomic mass is 35.5. The predicted octanol–water partition coefficient (Wildman–Crippen LogP) is 1.19. The number of halogens is 1. The Balaban J connectivity index is 3.48. The minimum Gasteiger partial charge on any atom is -0.465 e. The van der Waals surface area contributed by atoms with Gasteiger partial charge in [-0.05, 0) is 18.2 Å². The van der Waals surface area contributed by atoms with E-state index < -0.39 is 21.8 Å². The Kier molecular flexibility index (Phi) is 4.31. The first-order valence-corrected chi connectivity index (χ1v) is 6.76. The van der Waals surface area contributed by atoms with Gasteiger partial charge in [-0.3, -0.25) is 0 Å². The van der Waals surface area contributed by atoms with E-state index in [0.29, 0.717) is 0 Å². The molecule has 0 unspecified atom stereocenters. The highest BCUT2D eigenvalue weighted by Gasteiger charge is 2.21. The molecule has 1 rings (SSSR count). The number of carbonyl (C=O) groups is 2. The fourth-order valence-electron chi connectivity index (χ4n) is 1.25. The zero-order valence-electron chi connectivity index (χ0n) is 9.47. The number of hydrogen-bond donors (Lipinski definition) is 0. The summed E-state index contributed by atoms with van der Waals surface area (Å²) >= 11 is 4.92. The van der Waals surface area contributed by atoms with Gasteiger partial charge in [0.1, 0.15) is 11.9 Å². The van der Waals surface area contributed by atoms with E-state index in [9.17, 15) is 18.0 Å². The molecule has 0 fully saturated rings. The molecule has 0 heterocycles. The molecule has 0 spiro atoms. The van der Waals surface area contributed by atoms with E-state index in [0.717, 1.165) is 25.5 Å². The van der Waals surface area contributed by atoms with Crippen molar-refractivity contribution in [1.82, 2.24) is 0 Å². The number of hydrogen-bond acceptors (Lipinski definition) is 6. The quantitative estimate of drug-likeness (QED) is 0.778. The van der Waals surface area contributed by atoms with E-state index in [4.69, 9.17) is 11.9 Å². The van der Waals surface area contributed by atoms with Crippen LogP contribution in [-0.2, 0) is 18.9 Å². The lowest BCUT2D eigenvalue weighted by Gasteiger charge is -2.07. The van der Waals surface area contributed by atoms with Crippen LogP contribution in [-0.4, -0.2) is 33.7 Å². The number of rotatable bonds is 3. The normalized spacial score (nSPS) is 10.8. The van der Waals surface area contributed by atoms with Crippen molar-refractivity contribution in [2.24, 2.45) is 0 Å². The SMILES string of the molecule is COC(=O)c1ccc(S(C)(=O)=O)cc1C(=O)OCl. The second kappa shape index (κ2) is 5.36. The molecule has 6 nitrogen and oxygen atoms in total. The van der Waals surface area contributed by atoms with E-state index in [-0.39, 0.29) is 16.0 Å². The Bertz CT molecular complexity index is 592. The molecule has 0 bridgehead atoms. The van der Waals surface area contributed by atoms with Gasteiger partial charge in [-0.25, -0.2) is 18.0 Å². The van der Waals surface area contributed by atoms with Gasteiger partial charge in [0.2, 0.25) is 0 Å². The summed E-state index contributed by atoms with van der Waals surface area (Å²) in [7, 11) is -2.39. The lowest BCUT2D eigenvalue weighted by Crippen LogP contribution is -2.12. The summed E-state index contributed by atoms with van der Waals surface area (Å²) in [4.78, 5) is 22.6. The average molecular weight is 293 g/mol. The molecule has 0 saturated heterocycles. The van der Waals surface area contributed by atoms with Gasteiger partial charge in [0, 0.05) is 6.26 Å². The minimum absolute atomic E-state index is 0.129. The fraction of sp³-hybridized carbons (Fsp3) is 0.200. The van der Waals surface area contributed by atoms with Crippen LogP contribution in [0.25, 0.3) is 0 Å². The summed E-state index contributed by atoms with van der Waals surface area (Å²) in [5, 5.41) is 0. The van der Waals surface area contributed by atoms with E-state index in [1.165, 1.54) is 6.07 Å². The third-order valence-electron chi connectivity index (χ3n) is 2.11. The molecule has 0 amide bonds. The lowest BCUT2D eigenvalue weighted by molar-refractivity contribution is 0.0588. The maximum absolute atomic E-state index is 11.4. The van der Waals surface area contributed by atoms with Gasteiger partial charge in [-0.1, -0.05) is 0 Å². The molecule has 1 aromatic carbocycles. The molecule has 0 atom stereocenters. The molecule has 0 aliphatic heterocycles. The molecule has 18 heavy (non-hydrogen) atoms. The number of benzene rings is 1. The van der Waals surface area contributed by atoms with Gasteiger partial charge < -0.3 is 9.03 Å². The first-order valence-electron chi connectivity index (χ1n) is 4.56. The summed E-state index contributed by atoms with van der Waals surface area (Å²) < 4.78 is 31.1. The van der Waals surface area contributed by atoms with Crippen LogP contribution in [0.4, 0.5) is 0 Å². The van der Waals surface area contributed by atoms with Crippen LogP contribution in [0, 0.1) is 0 Å². The Morgan fingerprint density at radius 1 is 1.17 bits per heavy atom. The number of esters is 1. The van der Waals surface area contributed by atoms with Crippen LogP contribution in [0.15, 0.2) is 23.1 Å². The molecule has 0 N–H and O–H groups in total. The summed E-state index contributed by atoms with van der Waals surface area (Å²) in [6.07, 6.45) is 0.968. The second-order valence-electron chi connectivity index (χ2n) is 3.34. The van der Waals surface area contributed by atoms with E-state index >= 15 is 0 Å². The molecule has 8 heteroatoms. The zero-order chi connectivity index (χ0) is 13.9. The average Bonchev–Trinajstić information content (AvgIpc) is 2.35. The lowest BCUT2D eigenvalue weighted by atomic mass is 10.1. The molecular weight excluding hydrogens is 284 g/mol. The van der Waals surface area contributed by atoms with Crippen molar-refractivity contribution in [3.63, 3.8) is 0 Å². The van der Waals surface area contributed by atoms with Crippen molar-refractivity contribution in [2.45, 2.75) is 4.90 Å². The Morgan fingerprint density at radius 3 is 2.22 bits per heavy atom. The van der Waals surface area contributed by atoms with Crippen LogP contribution in [0.2, 0.25) is 0 Å². The Labute approximate surface area is 109 Å². The van der Waals surface area contributed by atoms with Gasteiger partial charge >= 0.3 is 11.9 Å². The van der Waals surface area contributed by atoms with Crippen molar-refractivity contribution < 1.29 is 27.0 Å². The molecule has 0 saturated carbocycles. The monoisotopic (exact) mass is 292 g/mol. The number of carbonyl (C=O) groups excluding carboxylic acids is 2. The maximum Gasteiger partial charge on any atom is 0.357 e. The minimum atomic E-state index is -3.52. The smallest absolute Gasteiger partial charge is 0.357 e. The third-order valence-corrected chi connectivity index (χ3v) is 3.36. The van der Waals surface area contributed by atoms with Gasteiger partial charge in [0.05, 0.1) is 23.1 Å². The number of methoxy groups -OCH3 is 1.